The third-order valence-corrected chi connectivity index (χ3v) is 5.23. The SMILES string of the molecule is CC(=O)OC[C@H]1O[C@@H](n2c(Cl)c(C#N)c3cc(Cl)c(Cl)cc32)[C@H](O)[C@@H]1O. The molecule has 2 aromatic rings. The molecule has 10 heteroatoms. The molecule has 3 rings (SSSR count). The molecule has 1 saturated heterocycles. The quantitative estimate of drug-likeness (QED) is 0.741. The molecule has 0 amide bonds. The molecule has 1 aromatic heterocycles. The first kappa shape index (κ1) is 19.2. The predicted molar refractivity (Wildman–Crippen MR) is 94.2 cm³/mol. The molecule has 2 heterocycles. The van der Waals surface area contributed by atoms with Gasteiger partial charge in [-0.3, -0.25) is 4.79 Å². The van der Waals surface area contributed by atoms with Crippen LogP contribution in [-0.2, 0) is 14.3 Å². The van der Waals surface area contributed by atoms with E-state index in [4.69, 9.17) is 44.3 Å². The number of carbonyl (C=O) groups is 1. The predicted octanol–water partition coefficient (Wildman–Crippen LogP) is 2.66. The number of nitrogens with zero attached hydrogens (tertiary/aromatic N) is 2. The van der Waals surface area contributed by atoms with Crippen LogP contribution in [0.4, 0.5) is 0 Å². The van der Waals surface area contributed by atoms with Gasteiger partial charge in [0.2, 0.25) is 0 Å². The zero-order valence-corrected chi connectivity index (χ0v) is 15.6. The van der Waals surface area contributed by atoms with Crippen LogP contribution in [-0.4, -0.2) is 45.7 Å². The molecule has 7 nitrogen and oxygen atoms in total. The van der Waals surface area contributed by atoms with E-state index in [1.54, 1.807) is 0 Å². The van der Waals surface area contributed by atoms with Crippen LogP contribution < -0.4 is 0 Å². The average molecular weight is 420 g/mol. The molecule has 1 fully saturated rings. The van der Waals surface area contributed by atoms with Gasteiger partial charge in [-0.15, -0.1) is 0 Å². The van der Waals surface area contributed by atoms with Crippen molar-refractivity contribution in [3.63, 3.8) is 0 Å². The van der Waals surface area contributed by atoms with Crippen molar-refractivity contribution in [3.05, 3.63) is 32.9 Å². The number of aromatic nitrogens is 1. The minimum atomic E-state index is -1.37. The van der Waals surface area contributed by atoms with E-state index in [0.717, 1.165) is 0 Å². The number of fused-ring (bicyclic) bond motifs is 1. The van der Waals surface area contributed by atoms with E-state index in [2.05, 4.69) is 0 Å². The maximum absolute atomic E-state index is 11.0. The van der Waals surface area contributed by atoms with E-state index in [9.17, 15) is 20.3 Å². The standard InChI is InChI=1S/C16H13Cl3N2O5/c1-6(22)25-5-12-13(23)14(24)16(26-12)21-11-3-10(18)9(17)2-7(11)8(4-20)15(21)19/h2-3,12-14,16,23-24H,5H2,1H3/t12-,13-,14-,16-/m1/s1. The summed E-state index contributed by atoms with van der Waals surface area (Å²) in [7, 11) is 0. The van der Waals surface area contributed by atoms with Crippen LogP contribution in [0.3, 0.4) is 0 Å². The van der Waals surface area contributed by atoms with Crippen molar-refractivity contribution in [3.8, 4) is 6.07 Å². The molecule has 0 spiro atoms. The Hall–Kier alpha value is -1.53. The van der Waals surface area contributed by atoms with Crippen LogP contribution in [0.5, 0.6) is 0 Å². The summed E-state index contributed by atoms with van der Waals surface area (Å²) in [5.41, 5.74) is 0.541. The summed E-state index contributed by atoms with van der Waals surface area (Å²) < 4.78 is 11.9. The number of nitriles is 1. The van der Waals surface area contributed by atoms with Gasteiger partial charge in [0.15, 0.2) is 6.23 Å². The molecule has 26 heavy (non-hydrogen) atoms. The largest absolute Gasteiger partial charge is 0.463 e. The molecule has 1 aliphatic rings. The normalized spacial score (nSPS) is 25.4. The number of aliphatic hydroxyl groups is 2. The summed E-state index contributed by atoms with van der Waals surface area (Å²) in [5.74, 6) is -0.545. The first-order valence-electron chi connectivity index (χ1n) is 7.49. The second kappa shape index (κ2) is 7.24. The fourth-order valence-corrected chi connectivity index (χ4v) is 3.56. The molecule has 0 aliphatic carbocycles. The second-order valence-electron chi connectivity index (χ2n) is 5.78. The van der Waals surface area contributed by atoms with Gasteiger partial charge in [0.05, 0.1) is 21.1 Å². The molecule has 0 radical (unpaired) electrons. The Balaban J connectivity index is 2.08. The Morgan fingerprint density at radius 2 is 1.96 bits per heavy atom. The number of halogens is 3. The monoisotopic (exact) mass is 418 g/mol. The maximum Gasteiger partial charge on any atom is 0.302 e. The van der Waals surface area contributed by atoms with Gasteiger partial charge in [0, 0.05) is 12.3 Å². The highest BCUT2D eigenvalue weighted by Gasteiger charge is 2.45. The fraction of sp³-hybridized carbons (Fsp3) is 0.375. The third-order valence-electron chi connectivity index (χ3n) is 4.14. The van der Waals surface area contributed by atoms with E-state index in [1.807, 2.05) is 6.07 Å². The summed E-state index contributed by atoms with van der Waals surface area (Å²) >= 11 is 18.4. The fourth-order valence-electron chi connectivity index (χ4n) is 2.91. The first-order chi connectivity index (χ1) is 12.3. The van der Waals surface area contributed by atoms with E-state index in [-0.39, 0.29) is 27.4 Å². The smallest absolute Gasteiger partial charge is 0.302 e. The lowest BCUT2D eigenvalue weighted by Gasteiger charge is -2.19. The Morgan fingerprint density at radius 3 is 2.58 bits per heavy atom. The number of hydrogen-bond acceptors (Lipinski definition) is 6. The summed E-state index contributed by atoms with van der Waals surface area (Å²) in [5, 5.41) is 30.9. The number of aliphatic hydroxyl groups excluding tert-OH is 2. The van der Waals surface area contributed by atoms with Gasteiger partial charge < -0.3 is 24.3 Å². The summed E-state index contributed by atoms with van der Waals surface area (Å²) in [6, 6.07) is 4.97. The minimum Gasteiger partial charge on any atom is -0.463 e. The Kier molecular flexibility index (Phi) is 5.35. The third kappa shape index (κ3) is 3.14. The maximum atomic E-state index is 11.0. The Bertz CT molecular complexity index is 923. The highest BCUT2D eigenvalue weighted by Crippen LogP contribution is 2.41. The number of rotatable bonds is 3. The molecular weight excluding hydrogens is 407 g/mol. The second-order valence-corrected chi connectivity index (χ2v) is 6.95. The van der Waals surface area contributed by atoms with Gasteiger partial charge >= 0.3 is 5.97 Å². The van der Waals surface area contributed by atoms with E-state index in [1.165, 1.54) is 23.6 Å². The Labute approximate surface area is 163 Å². The van der Waals surface area contributed by atoms with E-state index >= 15 is 0 Å². The Morgan fingerprint density at radius 1 is 1.31 bits per heavy atom. The van der Waals surface area contributed by atoms with E-state index < -0.39 is 30.5 Å². The first-order valence-corrected chi connectivity index (χ1v) is 8.63. The molecule has 0 bridgehead atoms. The lowest BCUT2D eigenvalue weighted by Crippen LogP contribution is -2.34. The van der Waals surface area contributed by atoms with Crippen LogP contribution in [0.1, 0.15) is 18.7 Å². The van der Waals surface area contributed by atoms with Crippen molar-refractivity contribution in [2.24, 2.45) is 0 Å². The van der Waals surface area contributed by atoms with E-state index in [0.29, 0.717) is 10.9 Å². The van der Waals surface area contributed by atoms with Gasteiger partial charge in [-0.05, 0) is 12.1 Å². The van der Waals surface area contributed by atoms with Crippen LogP contribution in [0.2, 0.25) is 15.2 Å². The van der Waals surface area contributed by atoms with Gasteiger partial charge in [-0.1, -0.05) is 34.8 Å². The molecule has 0 unspecified atom stereocenters. The van der Waals surface area contributed by atoms with Gasteiger partial charge in [-0.2, -0.15) is 5.26 Å². The van der Waals surface area contributed by atoms with Crippen molar-refractivity contribution in [2.75, 3.05) is 6.61 Å². The lowest BCUT2D eigenvalue weighted by atomic mass is 10.1. The molecule has 1 aliphatic heterocycles. The van der Waals surface area contributed by atoms with Crippen LogP contribution >= 0.6 is 34.8 Å². The molecular formula is C16H13Cl3N2O5. The molecule has 0 saturated carbocycles. The molecule has 1 aromatic carbocycles. The molecule has 4 atom stereocenters. The zero-order valence-electron chi connectivity index (χ0n) is 13.3. The summed E-state index contributed by atoms with van der Waals surface area (Å²) in [4.78, 5) is 11.0. The number of benzene rings is 1. The van der Waals surface area contributed by atoms with Gasteiger partial charge in [-0.25, -0.2) is 0 Å². The van der Waals surface area contributed by atoms with Crippen molar-refractivity contribution in [1.29, 1.82) is 5.26 Å². The highest BCUT2D eigenvalue weighted by molar-refractivity contribution is 6.43. The highest BCUT2D eigenvalue weighted by atomic mass is 35.5. The van der Waals surface area contributed by atoms with Gasteiger partial charge in [0.25, 0.3) is 0 Å². The topological polar surface area (TPSA) is 105 Å². The number of carbonyl (C=O) groups excluding carboxylic acids is 1. The summed E-state index contributed by atoms with van der Waals surface area (Å²) in [6.07, 6.45) is -4.76. The average Bonchev–Trinajstić information content (AvgIpc) is 3.00. The van der Waals surface area contributed by atoms with Crippen molar-refractivity contribution in [2.45, 2.75) is 31.5 Å². The van der Waals surface area contributed by atoms with Crippen LogP contribution in [0, 0.1) is 11.3 Å². The minimum absolute atomic E-state index is 0.00483. The number of hydrogen-bond donors (Lipinski definition) is 2. The molecule has 2 N–H and O–H groups in total. The number of esters is 1. The lowest BCUT2D eigenvalue weighted by molar-refractivity contribution is -0.147. The van der Waals surface area contributed by atoms with Crippen molar-refractivity contribution < 1.29 is 24.5 Å². The van der Waals surface area contributed by atoms with Crippen molar-refractivity contribution in [1.82, 2.24) is 4.57 Å². The van der Waals surface area contributed by atoms with Gasteiger partial charge in [0.1, 0.15) is 36.1 Å². The molecule has 138 valence electrons. The van der Waals surface area contributed by atoms with Crippen LogP contribution in [0.25, 0.3) is 10.9 Å². The number of ether oxygens (including phenoxy) is 2. The van der Waals surface area contributed by atoms with Crippen LogP contribution in [0.15, 0.2) is 12.1 Å². The summed E-state index contributed by atoms with van der Waals surface area (Å²) in [6.45, 7) is 0.981. The van der Waals surface area contributed by atoms with Crippen molar-refractivity contribution >= 4 is 51.7 Å². The zero-order chi connectivity index (χ0) is 19.2.